The Morgan fingerprint density at radius 3 is 2.89 bits per heavy atom. The molecule has 0 atom stereocenters. The molecule has 1 saturated heterocycles. The van der Waals surface area contributed by atoms with Gasteiger partial charge in [-0.25, -0.2) is 0 Å². The SMILES string of the molecule is CCc1cccc(NC(=S)NCCN2C(=O)S/C(=C\c3cccnc3)C2=O)c1. The molecule has 6 nitrogen and oxygen atoms in total. The number of thioether (sulfide) groups is 1. The summed E-state index contributed by atoms with van der Waals surface area (Å²) in [7, 11) is 0. The number of thiocarbonyl (C=S) groups is 1. The van der Waals surface area contributed by atoms with Gasteiger partial charge in [-0.1, -0.05) is 25.1 Å². The van der Waals surface area contributed by atoms with Gasteiger partial charge in [0.25, 0.3) is 11.1 Å². The van der Waals surface area contributed by atoms with Crippen molar-refractivity contribution in [3.8, 4) is 0 Å². The van der Waals surface area contributed by atoms with Gasteiger partial charge in [-0.05, 0) is 65.8 Å². The molecule has 0 unspecified atom stereocenters. The average Bonchev–Trinajstić information content (AvgIpc) is 2.96. The number of hydrogen-bond acceptors (Lipinski definition) is 5. The molecule has 2 heterocycles. The number of carbonyl (C=O) groups is 2. The molecule has 2 N–H and O–H groups in total. The Morgan fingerprint density at radius 2 is 2.14 bits per heavy atom. The highest BCUT2D eigenvalue weighted by Crippen LogP contribution is 2.31. The first-order valence-electron chi connectivity index (χ1n) is 8.86. The fourth-order valence-corrected chi connectivity index (χ4v) is 3.72. The van der Waals surface area contributed by atoms with Crippen LogP contribution in [0.4, 0.5) is 10.5 Å². The van der Waals surface area contributed by atoms with Gasteiger partial charge in [-0.15, -0.1) is 0 Å². The molecule has 1 aliphatic rings. The van der Waals surface area contributed by atoms with Crippen LogP contribution in [0.3, 0.4) is 0 Å². The summed E-state index contributed by atoms with van der Waals surface area (Å²) >= 11 is 6.23. The molecule has 0 aliphatic carbocycles. The highest BCUT2D eigenvalue weighted by atomic mass is 32.2. The molecule has 0 spiro atoms. The fraction of sp³-hybridized carbons (Fsp3) is 0.200. The molecule has 1 aliphatic heterocycles. The first-order valence-corrected chi connectivity index (χ1v) is 10.1. The topological polar surface area (TPSA) is 74.3 Å². The number of aryl methyl sites for hydroxylation is 1. The number of aromatic nitrogens is 1. The molecule has 1 aromatic carbocycles. The van der Waals surface area contributed by atoms with E-state index in [4.69, 9.17) is 12.2 Å². The molecule has 0 saturated carbocycles. The molecule has 3 rings (SSSR count). The third-order valence-corrected chi connectivity index (χ3v) is 5.22. The summed E-state index contributed by atoms with van der Waals surface area (Å²) in [6.45, 7) is 2.71. The summed E-state index contributed by atoms with van der Waals surface area (Å²) in [4.78, 5) is 30.3. The minimum absolute atomic E-state index is 0.242. The second-order valence-corrected chi connectivity index (χ2v) is 7.46. The number of anilines is 1. The maximum absolute atomic E-state index is 12.5. The van der Waals surface area contributed by atoms with Gasteiger partial charge in [0.1, 0.15) is 0 Å². The van der Waals surface area contributed by atoms with Crippen LogP contribution in [0.15, 0.2) is 53.7 Å². The van der Waals surface area contributed by atoms with Gasteiger partial charge in [-0.2, -0.15) is 0 Å². The van der Waals surface area contributed by atoms with Gasteiger partial charge in [0.2, 0.25) is 0 Å². The van der Waals surface area contributed by atoms with Crippen molar-refractivity contribution in [1.29, 1.82) is 0 Å². The van der Waals surface area contributed by atoms with Crippen LogP contribution < -0.4 is 10.6 Å². The van der Waals surface area contributed by atoms with Gasteiger partial charge in [0, 0.05) is 31.2 Å². The Morgan fingerprint density at radius 1 is 1.29 bits per heavy atom. The van der Waals surface area contributed by atoms with Crippen molar-refractivity contribution in [3.63, 3.8) is 0 Å². The summed E-state index contributed by atoms with van der Waals surface area (Å²) in [6, 6.07) is 11.6. The Balaban J connectivity index is 1.51. The van der Waals surface area contributed by atoms with E-state index < -0.39 is 0 Å². The molecule has 1 fully saturated rings. The van der Waals surface area contributed by atoms with E-state index in [0.717, 1.165) is 29.4 Å². The lowest BCUT2D eigenvalue weighted by Crippen LogP contribution is -2.38. The second kappa shape index (κ2) is 9.48. The van der Waals surface area contributed by atoms with Gasteiger partial charge >= 0.3 is 0 Å². The summed E-state index contributed by atoms with van der Waals surface area (Å²) in [5, 5.41) is 6.32. The lowest BCUT2D eigenvalue weighted by molar-refractivity contribution is -0.122. The summed E-state index contributed by atoms with van der Waals surface area (Å²) < 4.78 is 0. The van der Waals surface area contributed by atoms with Crippen molar-refractivity contribution in [2.24, 2.45) is 0 Å². The predicted octanol–water partition coefficient (Wildman–Crippen LogP) is 3.67. The number of nitrogens with zero attached hydrogens (tertiary/aromatic N) is 2. The second-order valence-electron chi connectivity index (χ2n) is 6.05. The number of rotatable bonds is 6. The maximum Gasteiger partial charge on any atom is 0.293 e. The highest BCUT2D eigenvalue weighted by molar-refractivity contribution is 8.18. The smallest absolute Gasteiger partial charge is 0.293 e. The van der Waals surface area contributed by atoms with Crippen LogP contribution in [0, 0.1) is 0 Å². The molecule has 8 heteroatoms. The van der Waals surface area contributed by atoms with Crippen molar-refractivity contribution in [2.75, 3.05) is 18.4 Å². The van der Waals surface area contributed by atoms with Crippen molar-refractivity contribution in [1.82, 2.24) is 15.2 Å². The zero-order valence-electron chi connectivity index (χ0n) is 15.3. The van der Waals surface area contributed by atoms with Gasteiger partial charge in [0.15, 0.2) is 5.11 Å². The molecule has 144 valence electrons. The maximum atomic E-state index is 12.5. The van der Waals surface area contributed by atoms with E-state index in [9.17, 15) is 9.59 Å². The van der Waals surface area contributed by atoms with Crippen LogP contribution in [-0.2, 0) is 11.2 Å². The third kappa shape index (κ3) is 5.17. The molecule has 2 aromatic rings. The summed E-state index contributed by atoms with van der Waals surface area (Å²) in [5.74, 6) is -0.296. The number of imide groups is 1. The fourth-order valence-electron chi connectivity index (χ4n) is 2.63. The van der Waals surface area contributed by atoms with Crippen LogP contribution >= 0.6 is 24.0 Å². The molecule has 2 amide bonds. The monoisotopic (exact) mass is 412 g/mol. The molecule has 0 radical (unpaired) electrons. The Labute approximate surface area is 173 Å². The predicted molar refractivity (Wildman–Crippen MR) is 117 cm³/mol. The standard InChI is InChI=1S/C20H20N4O2S2/c1-2-14-5-3-7-16(11-14)23-19(27)22-9-10-24-18(25)17(28-20(24)26)12-15-6-4-8-21-13-15/h3-8,11-13H,2,9-10H2,1H3,(H2,22,23,27)/b17-12-. The normalized spacial score (nSPS) is 15.2. The van der Waals surface area contributed by atoms with Crippen LogP contribution in [-0.4, -0.2) is 39.2 Å². The van der Waals surface area contributed by atoms with E-state index in [-0.39, 0.29) is 17.7 Å². The number of benzene rings is 1. The molecule has 1 aromatic heterocycles. The molecular formula is C20H20N4O2S2. The number of amides is 2. The Kier molecular flexibility index (Phi) is 6.78. The van der Waals surface area contributed by atoms with Crippen LogP contribution in [0.2, 0.25) is 0 Å². The van der Waals surface area contributed by atoms with E-state index in [1.165, 1.54) is 10.5 Å². The van der Waals surface area contributed by atoms with Crippen molar-refractivity contribution < 1.29 is 9.59 Å². The summed E-state index contributed by atoms with van der Waals surface area (Å²) in [6.07, 6.45) is 5.93. The van der Waals surface area contributed by atoms with E-state index in [1.807, 2.05) is 24.3 Å². The third-order valence-electron chi connectivity index (χ3n) is 4.07. The zero-order chi connectivity index (χ0) is 19.9. The van der Waals surface area contributed by atoms with Crippen LogP contribution in [0.5, 0.6) is 0 Å². The largest absolute Gasteiger partial charge is 0.361 e. The number of hydrogen-bond donors (Lipinski definition) is 2. The first kappa shape index (κ1) is 20.0. The first-order chi connectivity index (χ1) is 13.6. The Bertz CT molecular complexity index is 915. The zero-order valence-corrected chi connectivity index (χ0v) is 17.0. The van der Waals surface area contributed by atoms with Crippen molar-refractivity contribution in [3.05, 3.63) is 64.8 Å². The number of carbonyl (C=O) groups excluding carboxylic acids is 2. The summed E-state index contributed by atoms with van der Waals surface area (Å²) in [5.41, 5.74) is 2.90. The lowest BCUT2D eigenvalue weighted by atomic mass is 10.1. The van der Waals surface area contributed by atoms with E-state index in [0.29, 0.717) is 16.6 Å². The molecular weight excluding hydrogens is 392 g/mol. The van der Waals surface area contributed by atoms with Gasteiger partial charge < -0.3 is 10.6 Å². The quantitative estimate of drug-likeness (QED) is 0.554. The van der Waals surface area contributed by atoms with Gasteiger partial charge in [0.05, 0.1) is 4.91 Å². The minimum Gasteiger partial charge on any atom is -0.361 e. The van der Waals surface area contributed by atoms with Crippen LogP contribution in [0.1, 0.15) is 18.1 Å². The molecule has 28 heavy (non-hydrogen) atoms. The van der Waals surface area contributed by atoms with Crippen LogP contribution in [0.25, 0.3) is 6.08 Å². The lowest BCUT2D eigenvalue weighted by Gasteiger charge is -2.15. The molecule has 0 bridgehead atoms. The van der Waals surface area contributed by atoms with Crippen molar-refractivity contribution in [2.45, 2.75) is 13.3 Å². The average molecular weight is 413 g/mol. The van der Waals surface area contributed by atoms with Crippen molar-refractivity contribution >= 4 is 52.0 Å². The van der Waals surface area contributed by atoms with E-state index >= 15 is 0 Å². The van der Waals surface area contributed by atoms with Gasteiger partial charge in [-0.3, -0.25) is 19.5 Å². The number of pyridine rings is 1. The van der Waals surface area contributed by atoms with E-state index in [1.54, 1.807) is 24.5 Å². The van der Waals surface area contributed by atoms with E-state index in [2.05, 4.69) is 28.6 Å². The highest BCUT2D eigenvalue weighted by Gasteiger charge is 2.34. The minimum atomic E-state index is -0.296. The number of nitrogens with one attached hydrogen (secondary N) is 2. The Hall–Kier alpha value is -2.71.